The van der Waals surface area contributed by atoms with E-state index in [1.54, 1.807) is 0 Å². The minimum atomic E-state index is -3.83. The number of hydrogen-bond acceptors (Lipinski definition) is 8. The van der Waals surface area contributed by atoms with Crippen molar-refractivity contribution >= 4 is 70.2 Å². The van der Waals surface area contributed by atoms with Crippen molar-refractivity contribution in [2.75, 3.05) is 38.2 Å². The highest BCUT2D eigenvalue weighted by molar-refractivity contribution is 9.10. The Morgan fingerprint density at radius 3 is 2.66 bits per heavy atom. The van der Waals surface area contributed by atoms with Crippen molar-refractivity contribution in [3.05, 3.63) is 62.4 Å². The van der Waals surface area contributed by atoms with E-state index in [2.05, 4.69) is 42.2 Å². The molecule has 2 heterocycles. The second kappa shape index (κ2) is 11.3. The summed E-state index contributed by atoms with van der Waals surface area (Å²) in [5, 5.41) is 4.77. The quantitative estimate of drug-likeness (QED) is 0.384. The topological polar surface area (TPSA) is 115 Å². The number of ether oxygens (including phenoxy) is 2. The van der Waals surface area contributed by atoms with E-state index in [0.29, 0.717) is 28.5 Å². The summed E-state index contributed by atoms with van der Waals surface area (Å²) in [7, 11) is -3.83. The van der Waals surface area contributed by atoms with E-state index < -0.39 is 28.5 Å². The molecule has 1 saturated heterocycles. The third kappa shape index (κ3) is 6.35. The van der Waals surface area contributed by atoms with Crippen LogP contribution >= 0.6 is 43.2 Å². The number of nitrogens with zero attached hydrogens (tertiary/aromatic N) is 2. The van der Waals surface area contributed by atoms with E-state index in [1.807, 2.05) is 29.6 Å². The van der Waals surface area contributed by atoms with Crippen molar-refractivity contribution in [1.82, 2.24) is 9.29 Å². The number of hydrogen-bond donors (Lipinski definition) is 1. The van der Waals surface area contributed by atoms with Crippen molar-refractivity contribution in [3.63, 3.8) is 0 Å². The SMILES string of the molecule is O=C(COC(=O)c1ccc(Br)c(S(=O)(=O)N2CCOCC2)c1)Nc1nc(-c2cccc(Br)c2)cs1. The van der Waals surface area contributed by atoms with Crippen LogP contribution in [0.2, 0.25) is 0 Å². The Morgan fingerprint density at radius 2 is 1.91 bits per heavy atom. The lowest BCUT2D eigenvalue weighted by atomic mass is 10.2. The van der Waals surface area contributed by atoms with Gasteiger partial charge >= 0.3 is 5.97 Å². The van der Waals surface area contributed by atoms with Gasteiger partial charge in [-0.1, -0.05) is 28.1 Å². The number of morpholine rings is 1. The van der Waals surface area contributed by atoms with Crippen LogP contribution in [-0.4, -0.2) is 62.5 Å². The molecule has 0 aliphatic carbocycles. The van der Waals surface area contributed by atoms with Gasteiger partial charge in [-0.05, 0) is 46.3 Å². The summed E-state index contributed by atoms with van der Waals surface area (Å²) >= 11 is 7.90. The molecule has 9 nitrogen and oxygen atoms in total. The lowest BCUT2D eigenvalue weighted by Crippen LogP contribution is -2.40. The first-order valence-corrected chi connectivity index (χ1v) is 14.2. The first-order valence-electron chi connectivity index (χ1n) is 10.3. The smallest absolute Gasteiger partial charge is 0.338 e. The van der Waals surface area contributed by atoms with Gasteiger partial charge in [-0.3, -0.25) is 10.1 Å². The number of nitrogens with one attached hydrogen (secondary N) is 1. The van der Waals surface area contributed by atoms with Gasteiger partial charge in [0, 0.05) is 33.0 Å². The summed E-state index contributed by atoms with van der Waals surface area (Å²) in [4.78, 5) is 29.1. The molecule has 0 spiro atoms. The molecule has 0 radical (unpaired) electrons. The van der Waals surface area contributed by atoms with E-state index in [0.717, 1.165) is 10.0 Å². The van der Waals surface area contributed by atoms with E-state index in [9.17, 15) is 18.0 Å². The van der Waals surface area contributed by atoms with Crippen molar-refractivity contribution in [2.24, 2.45) is 0 Å². The third-order valence-corrected chi connectivity index (χ3v) is 9.10. The molecule has 0 unspecified atom stereocenters. The van der Waals surface area contributed by atoms with Gasteiger partial charge < -0.3 is 9.47 Å². The summed E-state index contributed by atoms with van der Waals surface area (Å²) in [5.74, 6) is -1.38. The maximum atomic E-state index is 13.0. The molecular weight excluding hydrogens is 626 g/mol. The van der Waals surface area contributed by atoms with Crippen molar-refractivity contribution in [2.45, 2.75) is 4.90 Å². The molecule has 184 valence electrons. The van der Waals surface area contributed by atoms with Gasteiger partial charge in [0.1, 0.15) is 0 Å². The summed E-state index contributed by atoms with van der Waals surface area (Å²) in [5.41, 5.74) is 1.60. The van der Waals surface area contributed by atoms with E-state index >= 15 is 0 Å². The molecule has 4 rings (SSSR count). The number of benzene rings is 2. The largest absolute Gasteiger partial charge is 0.452 e. The van der Waals surface area contributed by atoms with Crippen molar-refractivity contribution in [3.8, 4) is 11.3 Å². The van der Waals surface area contributed by atoms with Gasteiger partial charge in [0.2, 0.25) is 10.0 Å². The Labute approximate surface area is 222 Å². The van der Waals surface area contributed by atoms with Gasteiger partial charge in [-0.15, -0.1) is 11.3 Å². The first kappa shape index (κ1) is 25.9. The predicted octanol–water partition coefficient (Wildman–Crippen LogP) is 4.15. The van der Waals surface area contributed by atoms with Crippen LogP contribution in [0.4, 0.5) is 5.13 Å². The zero-order chi connectivity index (χ0) is 25.0. The number of amides is 1. The van der Waals surface area contributed by atoms with Crippen LogP contribution in [0, 0.1) is 0 Å². The molecule has 1 fully saturated rings. The fraction of sp³-hybridized carbons (Fsp3) is 0.227. The number of anilines is 1. The summed E-state index contributed by atoms with van der Waals surface area (Å²) < 4.78 is 38.8. The van der Waals surface area contributed by atoms with Gasteiger partial charge in [0.15, 0.2) is 11.7 Å². The molecule has 0 atom stereocenters. The highest BCUT2D eigenvalue weighted by atomic mass is 79.9. The Balaban J connectivity index is 1.38. The number of carbonyl (C=O) groups is 2. The monoisotopic (exact) mass is 643 g/mol. The van der Waals surface area contributed by atoms with Gasteiger partial charge in [-0.25, -0.2) is 18.2 Å². The standard InChI is InChI=1S/C22H19Br2N3O6S2/c23-16-3-1-2-14(10-16)18-13-34-22(25-18)26-20(28)12-33-21(29)15-4-5-17(24)19(11-15)35(30,31)27-6-8-32-9-7-27/h1-5,10-11,13H,6-9,12H2,(H,25,26,28). The van der Waals surface area contributed by atoms with Crippen LogP contribution in [0.3, 0.4) is 0 Å². The van der Waals surface area contributed by atoms with Crippen LogP contribution in [0.1, 0.15) is 10.4 Å². The maximum Gasteiger partial charge on any atom is 0.338 e. The van der Waals surface area contributed by atoms with Crippen molar-refractivity contribution in [1.29, 1.82) is 0 Å². The molecule has 1 N–H and O–H groups in total. The van der Waals surface area contributed by atoms with Crippen LogP contribution in [0.15, 0.2) is 61.7 Å². The van der Waals surface area contributed by atoms with Crippen molar-refractivity contribution < 1.29 is 27.5 Å². The number of rotatable bonds is 7. The molecule has 1 aliphatic heterocycles. The highest BCUT2D eigenvalue weighted by Crippen LogP contribution is 2.28. The Kier molecular flexibility index (Phi) is 8.34. The molecule has 3 aromatic rings. The molecule has 0 saturated carbocycles. The summed E-state index contributed by atoms with van der Waals surface area (Å²) in [6, 6.07) is 11.7. The molecular formula is C22H19Br2N3O6S2. The fourth-order valence-corrected chi connectivity index (χ4v) is 6.73. The Morgan fingerprint density at radius 1 is 1.14 bits per heavy atom. The number of thiazole rings is 1. The second-order valence-electron chi connectivity index (χ2n) is 7.33. The van der Waals surface area contributed by atoms with Crippen LogP contribution in [0.25, 0.3) is 11.3 Å². The predicted molar refractivity (Wildman–Crippen MR) is 138 cm³/mol. The molecule has 1 amide bonds. The lowest BCUT2D eigenvalue weighted by molar-refractivity contribution is -0.119. The van der Waals surface area contributed by atoms with Crippen LogP contribution < -0.4 is 5.32 Å². The van der Waals surface area contributed by atoms with Crippen LogP contribution in [0.5, 0.6) is 0 Å². The summed E-state index contributed by atoms with van der Waals surface area (Å²) in [6.45, 7) is 0.508. The number of esters is 1. The molecule has 35 heavy (non-hydrogen) atoms. The van der Waals surface area contributed by atoms with Gasteiger partial charge in [0.25, 0.3) is 5.91 Å². The Hall–Kier alpha value is -2.16. The average molecular weight is 645 g/mol. The maximum absolute atomic E-state index is 13.0. The van der Waals surface area contributed by atoms with E-state index in [4.69, 9.17) is 9.47 Å². The second-order valence-corrected chi connectivity index (χ2v) is 11.9. The normalized spacial score (nSPS) is 14.5. The average Bonchev–Trinajstić information content (AvgIpc) is 3.31. The van der Waals surface area contributed by atoms with Gasteiger partial charge in [-0.2, -0.15) is 4.31 Å². The van der Waals surface area contributed by atoms with Crippen LogP contribution in [-0.2, 0) is 24.3 Å². The minimum Gasteiger partial charge on any atom is -0.452 e. The zero-order valence-electron chi connectivity index (χ0n) is 18.1. The third-order valence-electron chi connectivity index (χ3n) is 4.96. The minimum absolute atomic E-state index is 0.0130. The van der Waals surface area contributed by atoms with Gasteiger partial charge in [0.05, 0.1) is 29.4 Å². The summed E-state index contributed by atoms with van der Waals surface area (Å²) in [6.07, 6.45) is 0. The number of halogens is 2. The zero-order valence-corrected chi connectivity index (χ0v) is 22.9. The van der Waals surface area contributed by atoms with E-state index in [1.165, 1.54) is 33.8 Å². The van der Waals surface area contributed by atoms with E-state index in [-0.39, 0.29) is 23.5 Å². The Bertz CT molecular complexity index is 1360. The highest BCUT2D eigenvalue weighted by Gasteiger charge is 2.29. The number of sulfonamides is 1. The lowest BCUT2D eigenvalue weighted by Gasteiger charge is -2.26. The molecule has 1 aliphatic rings. The number of carbonyl (C=O) groups excluding carboxylic acids is 2. The number of aromatic nitrogens is 1. The molecule has 13 heteroatoms. The fourth-order valence-electron chi connectivity index (χ4n) is 3.24. The molecule has 0 bridgehead atoms. The first-order chi connectivity index (χ1) is 16.7. The molecule has 2 aromatic carbocycles. The molecule has 1 aromatic heterocycles.